The molecule has 0 spiro atoms. The highest BCUT2D eigenvalue weighted by Crippen LogP contribution is 2.40. The fraction of sp³-hybridized carbons (Fsp3) is 0.667. The molecule has 0 aliphatic carbocycles. The second-order valence-corrected chi connectivity index (χ2v) is 4.00. The van der Waals surface area contributed by atoms with E-state index in [9.17, 15) is 9.90 Å². The molecule has 2 atom stereocenters. The Labute approximate surface area is 76.5 Å². The van der Waals surface area contributed by atoms with Crippen LogP contribution in [0.25, 0.3) is 0 Å². The third kappa shape index (κ3) is 1.09. The van der Waals surface area contributed by atoms with Crippen LogP contribution in [0.2, 0.25) is 0 Å². The van der Waals surface area contributed by atoms with Crippen LogP contribution in [0, 0.1) is 0 Å². The Bertz CT molecular complexity index is 276. The fourth-order valence-electron chi connectivity index (χ4n) is 2.45. The molecule has 0 amide bonds. The predicted molar refractivity (Wildman–Crippen MR) is 46.3 cm³/mol. The first-order valence-electron chi connectivity index (χ1n) is 4.38. The van der Waals surface area contributed by atoms with Crippen LogP contribution in [0.15, 0.2) is 12.2 Å². The van der Waals surface area contributed by atoms with Crippen LogP contribution in [0.4, 0.5) is 0 Å². The van der Waals surface area contributed by atoms with Gasteiger partial charge in [-0.2, -0.15) is 0 Å². The van der Waals surface area contributed by atoms with Gasteiger partial charge in [-0.1, -0.05) is 12.2 Å². The lowest BCUT2D eigenvalue weighted by atomic mass is 9.92. The van der Waals surface area contributed by atoms with Gasteiger partial charge in [0.25, 0.3) is 0 Å². The van der Waals surface area contributed by atoms with Crippen molar-refractivity contribution in [1.82, 2.24) is 4.90 Å². The van der Waals surface area contributed by atoms with E-state index in [4.69, 9.17) is 5.11 Å². The summed E-state index contributed by atoms with van der Waals surface area (Å²) in [7, 11) is 0. The molecule has 2 aliphatic rings. The highest BCUT2D eigenvalue weighted by atomic mass is 16.4. The molecule has 13 heavy (non-hydrogen) atoms. The number of aliphatic carboxylic acids is 1. The average molecular weight is 183 g/mol. The standard InChI is InChI=1S/C9H13NO3/c1-6-2-9(8(12)13)3-7(11)5-10(9)4-6/h7,11H,1-5H2,(H,12,13)/t7-,9+/m0/s1. The molecule has 0 radical (unpaired) electrons. The van der Waals surface area contributed by atoms with Gasteiger partial charge in [-0.05, 0) is 6.42 Å². The molecule has 0 unspecified atom stereocenters. The topological polar surface area (TPSA) is 60.8 Å². The molecule has 2 heterocycles. The van der Waals surface area contributed by atoms with Crippen molar-refractivity contribution in [3.05, 3.63) is 12.2 Å². The van der Waals surface area contributed by atoms with Gasteiger partial charge in [0.05, 0.1) is 6.10 Å². The number of nitrogens with zero attached hydrogens (tertiary/aromatic N) is 1. The van der Waals surface area contributed by atoms with Gasteiger partial charge in [-0.15, -0.1) is 0 Å². The van der Waals surface area contributed by atoms with Crippen molar-refractivity contribution in [2.75, 3.05) is 13.1 Å². The lowest BCUT2D eigenvalue weighted by Crippen LogP contribution is -2.45. The van der Waals surface area contributed by atoms with Gasteiger partial charge in [0.1, 0.15) is 5.54 Å². The lowest BCUT2D eigenvalue weighted by molar-refractivity contribution is -0.148. The van der Waals surface area contributed by atoms with E-state index < -0.39 is 17.6 Å². The van der Waals surface area contributed by atoms with Gasteiger partial charge in [0.2, 0.25) is 0 Å². The Morgan fingerprint density at radius 3 is 2.92 bits per heavy atom. The molecule has 0 aromatic carbocycles. The zero-order valence-corrected chi connectivity index (χ0v) is 7.36. The monoisotopic (exact) mass is 183 g/mol. The number of aliphatic hydroxyl groups excluding tert-OH is 1. The molecule has 2 aliphatic heterocycles. The first kappa shape index (κ1) is 8.72. The molecular weight excluding hydrogens is 170 g/mol. The van der Waals surface area contributed by atoms with Crippen LogP contribution in [0.3, 0.4) is 0 Å². The summed E-state index contributed by atoms with van der Waals surface area (Å²) in [5.74, 6) is -0.831. The number of aliphatic hydroxyl groups is 1. The summed E-state index contributed by atoms with van der Waals surface area (Å²) < 4.78 is 0. The zero-order chi connectivity index (χ0) is 9.64. The number of hydrogen-bond acceptors (Lipinski definition) is 3. The molecule has 0 aromatic rings. The summed E-state index contributed by atoms with van der Waals surface area (Å²) in [6.07, 6.45) is 0.324. The van der Waals surface area contributed by atoms with Crippen LogP contribution < -0.4 is 0 Å². The molecular formula is C9H13NO3. The molecule has 72 valence electrons. The fourth-order valence-corrected chi connectivity index (χ4v) is 2.45. The van der Waals surface area contributed by atoms with E-state index in [2.05, 4.69) is 6.58 Å². The number of carbonyl (C=O) groups is 1. The Hall–Kier alpha value is -0.870. The van der Waals surface area contributed by atoms with E-state index >= 15 is 0 Å². The Balaban J connectivity index is 2.31. The molecule has 4 nitrogen and oxygen atoms in total. The van der Waals surface area contributed by atoms with Crippen LogP contribution in [0.5, 0.6) is 0 Å². The summed E-state index contributed by atoms with van der Waals surface area (Å²) in [5.41, 5.74) is 0.102. The number of hydrogen-bond donors (Lipinski definition) is 2. The van der Waals surface area contributed by atoms with E-state index in [1.807, 2.05) is 4.90 Å². The number of rotatable bonds is 1. The number of carboxylic acid groups (broad SMARTS) is 1. The maximum Gasteiger partial charge on any atom is 0.324 e. The molecule has 0 bridgehead atoms. The van der Waals surface area contributed by atoms with Gasteiger partial charge in [-0.3, -0.25) is 9.69 Å². The second-order valence-electron chi connectivity index (χ2n) is 4.00. The first-order valence-corrected chi connectivity index (χ1v) is 4.38. The third-order valence-electron chi connectivity index (χ3n) is 2.96. The predicted octanol–water partition coefficient (Wildman–Crippen LogP) is -0.164. The van der Waals surface area contributed by atoms with Gasteiger partial charge in [0, 0.05) is 19.5 Å². The largest absolute Gasteiger partial charge is 0.480 e. The van der Waals surface area contributed by atoms with Crippen molar-refractivity contribution in [3.8, 4) is 0 Å². The second kappa shape index (κ2) is 2.56. The first-order chi connectivity index (χ1) is 6.04. The minimum absolute atomic E-state index is 0.335. The van der Waals surface area contributed by atoms with Crippen LogP contribution in [-0.4, -0.2) is 45.8 Å². The van der Waals surface area contributed by atoms with E-state index in [0.717, 1.165) is 5.57 Å². The van der Waals surface area contributed by atoms with Gasteiger partial charge >= 0.3 is 5.97 Å². The minimum Gasteiger partial charge on any atom is -0.480 e. The third-order valence-corrected chi connectivity index (χ3v) is 2.96. The normalized spacial score (nSPS) is 39.5. The summed E-state index contributed by atoms with van der Waals surface area (Å²) in [4.78, 5) is 12.9. The molecule has 0 aromatic heterocycles. The molecule has 2 saturated heterocycles. The van der Waals surface area contributed by atoms with Crippen molar-refractivity contribution in [2.24, 2.45) is 0 Å². The van der Waals surface area contributed by atoms with Crippen LogP contribution in [-0.2, 0) is 4.79 Å². The SMILES string of the molecule is C=C1CN2C[C@@H](O)C[C@@]2(C(=O)O)C1. The number of β-amino-alcohol motifs (C(OH)–C–C–N with tert-alkyl or cyclic N) is 1. The zero-order valence-electron chi connectivity index (χ0n) is 7.36. The maximum absolute atomic E-state index is 11.1. The number of fused-ring (bicyclic) bond motifs is 1. The van der Waals surface area contributed by atoms with Crippen molar-refractivity contribution in [2.45, 2.75) is 24.5 Å². The quantitative estimate of drug-likeness (QED) is 0.554. The van der Waals surface area contributed by atoms with Crippen molar-refractivity contribution < 1.29 is 15.0 Å². The Morgan fingerprint density at radius 2 is 2.38 bits per heavy atom. The summed E-state index contributed by atoms with van der Waals surface area (Å²) in [6, 6.07) is 0. The smallest absolute Gasteiger partial charge is 0.324 e. The number of carboxylic acids is 1. The summed E-state index contributed by atoms with van der Waals surface area (Å²) in [5, 5.41) is 18.5. The maximum atomic E-state index is 11.1. The summed E-state index contributed by atoms with van der Waals surface area (Å²) >= 11 is 0. The Morgan fingerprint density at radius 1 is 1.69 bits per heavy atom. The van der Waals surface area contributed by atoms with E-state index in [1.54, 1.807) is 0 Å². The van der Waals surface area contributed by atoms with Crippen LogP contribution >= 0.6 is 0 Å². The highest BCUT2D eigenvalue weighted by Gasteiger charge is 2.54. The summed E-state index contributed by atoms with van der Waals surface area (Å²) in [6.45, 7) is 4.88. The average Bonchev–Trinajstić information content (AvgIpc) is 2.40. The molecule has 2 rings (SSSR count). The molecule has 2 fully saturated rings. The molecule has 4 heteroatoms. The van der Waals surface area contributed by atoms with E-state index in [-0.39, 0.29) is 0 Å². The molecule has 2 N–H and O–H groups in total. The van der Waals surface area contributed by atoms with Gasteiger partial charge in [-0.25, -0.2) is 0 Å². The minimum atomic E-state index is -0.851. The Kier molecular flexibility index (Phi) is 1.72. The van der Waals surface area contributed by atoms with E-state index in [1.165, 1.54) is 0 Å². The van der Waals surface area contributed by atoms with Crippen molar-refractivity contribution >= 4 is 5.97 Å². The van der Waals surface area contributed by atoms with Gasteiger partial charge in [0.15, 0.2) is 0 Å². The van der Waals surface area contributed by atoms with Gasteiger partial charge < -0.3 is 10.2 Å². The van der Waals surface area contributed by atoms with Crippen molar-refractivity contribution in [1.29, 1.82) is 0 Å². The lowest BCUT2D eigenvalue weighted by Gasteiger charge is -2.25. The van der Waals surface area contributed by atoms with E-state index in [0.29, 0.717) is 25.9 Å². The highest BCUT2D eigenvalue weighted by molar-refractivity contribution is 5.80. The van der Waals surface area contributed by atoms with Crippen LogP contribution in [0.1, 0.15) is 12.8 Å². The molecule has 0 saturated carbocycles. The van der Waals surface area contributed by atoms with Crippen molar-refractivity contribution in [3.63, 3.8) is 0 Å².